The van der Waals surface area contributed by atoms with E-state index in [4.69, 9.17) is 5.26 Å². The number of rotatable bonds is 2. The summed E-state index contributed by atoms with van der Waals surface area (Å²) in [5, 5.41) is 16.0. The van der Waals surface area contributed by atoms with Gasteiger partial charge in [0.05, 0.1) is 5.69 Å². The molecule has 2 N–H and O–H groups in total. The lowest BCUT2D eigenvalue weighted by Gasteiger charge is -2.48. The summed E-state index contributed by atoms with van der Waals surface area (Å²) in [4.78, 5) is 0. The maximum absolute atomic E-state index is 13.6. The number of piperidine rings is 1. The molecule has 100 valence electrons. The zero-order chi connectivity index (χ0) is 13.3. The molecule has 1 unspecified atom stereocenters. The van der Waals surface area contributed by atoms with Gasteiger partial charge in [0.25, 0.3) is 0 Å². The Bertz CT molecular complexity index is 517. The van der Waals surface area contributed by atoms with Crippen LogP contribution < -0.4 is 10.6 Å². The summed E-state index contributed by atoms with van der Waals surface area (Å²) in [6.07, 6.45) is 5.85. The Morgan fingerprint density at radius 2 is 2.26 bits per heavy atom. The van der Waals surface area contributed by atoms with Crippen LogP contribution in [0, 0.1) is 17.1 Å². The maximum atomic E-state index is 13.6. The van der Waals surface area contributed by atoms with Gasteiger partial charge in [0.1, 0.15) is 17.4 Å². The number of anilines is 1. The molecule has 1 aromatic rings. The quantitative estimate of drug-likeness (QED) is 0.858. The minimum Gasteiger partial charge on any atom is -0.381 e. The predicted molar refractivity (Wildman–Crippen MR) is 72.3 cm³/mol. The molecule has 2 aliphatic rings. The molecule has 3 nitrogen and oxygen atoms in total. The second-order valence-corrected chi connectivity index (χ2v) is 5.67. The first kappa shape index (κ1) is 12.4. The first-order valence-corrected chi connectivity index (χ1v) is 6.93. The number of hydrogen-bond donors (Lipinski definition) is 2. The van der Waals surface area contributed by atoms with Gasteiger partial charge in [0.2, 0.25) is 0 Å². The first-order valence-electron chi connectivity index (χ1n) is 6.93. The van der Waals surface area contributed by atoms with Crippen molar-refractivity contribution in [2.75, 3.05) is 11.9 Å². The third kappa shape index (κ3) is 2.31. The number of halogens is 1. The van der Waals surface area contributed by atoms with E-state index in [0.717, 1.165) is 19.4 Å². The van der Waals surface area contributed by atoms with Gasteiger partial charge in [-0.1, -0.05) is 6.07 Å². The van der Waals surface area contributed by atoms with Crippen molar-refractivity contribution in [3.05, 3.63) is 29.6 Å². The van der Waals surface area contributed by atoms with Crippen molar-refractivity contribution in [1.29, 1.82) is 5.26 Å². The number of benzene rings is 1. The molecule has 0 aromatic heterocycles. The lowest BCUT2D eigenvalue weighted by atomic mass is 9.70. The Kier molecular flexibility index (Phi) is 3.16. The normalized spacial score (nSPS) is 24.5. The molecule has 1 aliphatic heterocycles. The molecule has 1 atom stereocenters. The Hall–Kier alpha value is -1.60. The molecule has 0 amide bonds. The van der Waals surface area contributed by atoms with E-state index in [-0.39, 0.29) is 5.56 Å². The fourth-order valence-corrected chi connectivity index (χ4v) is 3.24. The number of nitrogens with zero attached hydrogens (tertiary/aromatic N) is 1. The fraction of sp³-hybridized carbons (Fsp3) is 0.533. The van der Waals surface area contributed by atoms with Crippen molar-refractivity contribution in [2.24, 2.45) is 0 Å². The van der Waals surface area contributed by atoms with Gasteiger partial charge in [0.15, 0.2) is 0 Å². The topological polar surface area (TPSA) is 47.9 Å². The van der Waals surface area contributed by atoms with Crippen LogP contribution in [0.4, 0.5) is 10.1 Å². The van der Waals surface area contributed by atoms with Crippen LogP contribution in [0.2, 0.25) is 0 Å². The molecule has 3 rings (SSSR count). The van der Waals surface area contributed by atoms with E-state index >= 15 is 0 Å². The van der Waals surface area contributed by atoms with Crippen LogP contribution in [0.1, 0.15) is 37.7 Å². The Labute approximate surface area is 112 Å². The fourth-order valence-electron chi connectivity index (χ4n) is 3.24. The van der Waals surface area contributed by atoms with Crippen molar-refractivity contribution in [3.63, 3.8) is 0 Å². The molecular weight excluding hydrogens is 241 g/mol. The molecule has 1 spiro atoms. The zero-order valence-electron chi connectivity index (χ0n) is 10.9. The molecular formula is C15H18FN3. The van der Waals surface area contributed by atoms with Crippen molar-refractivity contribution < 1.29 is 4.39 Å². The highest BCUT2D eigenvalue weighted by Gasteiger charge is 2.40. The number of nitrogens with one attached hydrogen (secondary N) is 2. The summed E-state index contributed by atoms with van der Waals surface area (Å²) < 4.78 is 13.6. The number of hydrogen-bond acceptors (Lipinski definition) is 3. The average molecular weight is 259 g/mol. The van der Waals surface area contributed by atoms with Crippen molar-refractivity contribution in [1.82, 2.24) is 5.32 Å². The Morgan fingerprint density at radius 1 is 1.42 bits per heavy atom. The molecule has 19 heavy (non-hydrogen) atoms. The molecule has 1 aliphatic carbocycles. The standard InChI is InChI=1S/C15H18FN3/c16-13-3-1-4-14(12(13)10-17)19-11-5-8-18-15(9-11)6-2-7-15/h1,3-4,11,18-19H,2,5-9H2. The van der Waals surface area contributed by atoms with Gasteiger partial charge < -0.3 is 10.6 Å². The van der Waals surface area contributed by atoms with E-state index in [9.17, 15) is 4.39 Å². The summed E-state index contributed by atoms with van der Waals surface area (Å²) in [6, 6.07) is 7.05. The van der Waals surface area contributed by atoms with Gasteiger partial charge in [0, 0.05) is 11.6 Å². The number of nitriles is 1. The summed E-state index contributed by atoms with van der Waals surface area (Å²) >= 11 is 0. The molecule has 0 radical (unpaired) electrons. The molecule has 2 fully saturated rings. The zero-order valence-corrected chi connectivity index (χ0v) is 10.9. The van der Waals surface area contributed by atoms with E-state index in [1.807, 2.05) is 6.07 Å². The highest BCUT2D eigenvalue weighted by Crippen LogP contribution is 2.39. The van der Waals surface area contributed by atoms with E-state index in [2.05, 4.69) is 10.6 Å². The van der Waals surface area contributed by atoms with Crippen molar-refractivity contribution >= 4 is 5.69 Å². The molecule has 1 saturated carbocycles. The summed E-state index contributed by atoms with van der Waals surface area (Å²) in [6.45, 7) is 0.995. The van der Waals surface area contributed by atoms with Crippen LogP contribution in [0.3, 0.4) is 0 Å². The minimum atomic E-state index is -0.445. The average Bonchev–Trinajstić information content (AvgIpc) is 2.38. The second kappa shape index (κ2) is 4.82. The van der Waals surface area contributed by atoms with Gasteiger partial charge in [-0.3, -0.25) is 0 Å². The molecule has 1 aromatic carbocycles. The smallest absolute Gasteiger partial charge is 0.143 e. The van der Waals surface area contributed by atoms with E-state index in [1.165, 1.54) is 25.3 Å². The van der Waals surface area contributed by atoms with Gasteiger partial charge in [-0.2, -0.15) is 5.26 Å². The van der Waals surface area contributed by atoms with Gasteiger partial charge in [-0.05, 0) is 50.8 Å². The monoisotopic (exact) mass is 259 g/mol. The van der Waals surface area contributed by atoms with Gasteiger partial charge >= 0.3 is 0 Å². The predicted octanol–water partition coefficient (Wildman–Crippen LogP) is 2.78. The van der Waals surface area contributed by atoms with Crippen LogP contribution in [0.5, 0.6) is 0 Å². The highest BCUT2D eigenvalue weighted by molar-refractivity contribution is 5.58. The summed E-state index contributed by atoms with van der Waals surface area (Å²) in [5.74, 6) is -0.445. The summed E-state index contributed by atoms with van der Waals surface area (Å²) in [7, 11) is 0. The van der Waals surface area contributed by atoms with E-state index in [1.54, 1.807) is 12.1 Å². The van der Waals surface area contributed by atoms with Crippen molar-refractivity contribution in [2.45, 2.75) is 43.7 Å². The summed E-state index contributed by atoms with van der Waals surface area (Å²) in [5.41, 5.74) is 1.06. The van der Waals surface area contributed by atoms with Crippen LogP contribution in [0.15, 0.2) is 18.2 Å². The maximum Gasteiger partial charge on any atom is 0.143 e. The van der Waals surface area contributed by atoms with Crippen molar-refractivity contribution in [3.8, 4) is 6.07 Å². The highest BCUT2D eigenvalue weighted by atomic mass is 19.1. The van der Waals surface area contributed by atoms with Gasteiger partial charge in [-0.15, -0.1) is 0 Å². The van der Waals surface area contributed by atoms with Crippen LogP contribution in [0.25, 0.3) is 0 Å². The third-order valence-corrected chi connectivity index (χ3v) is 4.43. The van der Waals surface area contributed by atoms with Crippen LogP contribution in [-0.2, 0) is 0 Å². The van der Waals surface area contributed by atoms with Gasteiger partial charge in [-0.25, -0.2) is 4.39 Å². The van der Waals surface area contributed by atoms with Crippen LogP contribution in [-0.4, -0.2) is 18.1 Å². The largest absolute Gasteiger partial charge is 0.381 e. The SMILES string of the molecule is N#Cc1c(F)cccc1NC1CCNC2(CCC2)C1. The lowest BCUT2D eigenvalue weighted by Crippen LogP contribution is -2.58. The molecule has 0 bridgehead atoms. The lowest BCUT2D eigenvalue weighted by molar-refractivity contribution is 0.135. The Morgan fingerprint density at radius 3 is 2.95 bits per heavy atom. The second-order valence-electron chi connectivity index (χ2n) is 5.67. The molecule has 1 saturated heterocycles. The Balaban J connectivity index is 1.75. The molecule has 1 heterocycles. The minimum absolute atomic E-state index is 0.128. The van der Waals surface area contributed by atoms with E-state index < -0.39 is 5.82 Å². The van der Waals surface area contributed by atoms with Crippen LogP contribution >= 0.6 is 0 Å². The first-order chi connectivity index (χ1) is 9.22. The molecule has 4 heteroatoms. The third-order valence-electron chi connectivity index (χ3n) is 4.43. The van der Waals surface area contributed by atoms with E-state index in [0.29, 0.717) is 17.3 Å².